The summed E-state index contributed by atoms with van der Waals surface area (Å²) >= 11 is 1.37. The summed E-state index contributed by atoms with van der Waals surface area (Å²) in [7, 11) is 0. The minimum absolute atomic E-state index is 0.0535. The Kier molecular flexibility index (Phi) is 5.92. The van der Waals surface area contributed by atoms with Crippen LogP contribution in [0.3, 0.4) is 0 Å². The normalized spacial score (nSPS) is 15.6. The van der Waals surface area contributed by atoms with Gasteiger partial charge in [-0.25, -0.2) is 18.3 Å². The molecule has 0 aliphatic carbocycles. The first-order valence-corrected chi connectivity index (χ1v) is 11.5. The summed E-state index contributed by atoms with van der Waals surface area (Å²) in [5, 5.41) is 18.1. The molecule has 0 unspecified atom stereocenters. The van der Waals surface area contributed by atoms with Crippen molar-refractivity contribution in [2.75, 3.05) is 30.3 Å². The zero-order valence-electron chi connectivity index (χ0n) is 18.3. The molecule has 12 heteroatoms. The minimum Gasteiger partial charge on any atom is -0.325 e. The molecule has 9 nitrogen and oxygen atoms in total. The summed E-state index contributed by atoms with van der Waals surface area (Å²) < 4.78 is 28.3. The van der Waals surface area contributed by atoms with Gasteiger partial charge in [-0.05, 0) is 55.1 Å². The van der Waals surface area contributed by atoms with Crippen LogP contribution in [0.5, 0.6) is 0 Å². The number of rotatable bonds is 7. The summed E-state index contributed by atoms with van der Waals surface area (Å²) in [5.41, 5.74) is 2.35. The lowest BCUT2D eigenvalue weighted by molar-refractivity contribution is -0.117. The molecule has 1 fully saturated rings. The Morgan fingerprint density at radius 1 is 1.26 bits per heavy atom. The SMILES string of the molecule is Cc1cc(Nc2nc(Sc3ccc(NC(=O)CN4CCC(F)(F)C4)cc3)nn3cccc23)n[nH]1. The minimum atomic E-state index is -2.71. The van der Waals surface area contributed by atoms with Crippen molar-refractivity contribution >= 4 is 40.5 Å². The predicted molar refractivity (Wildman–Crippen MR) is 125 cm³/mol. The van der Waals surface area contributed by atoms with Gasteiger partial charge in [-0.1, -0.05) is 0 Å². The van der Waals surface area contributed by atoms with E-state index in [0.717, 1.165) is 16.1 Å². The van der Waals surface area contributed by atoms with Gasteiger partial charge >= 0.3 is 0 Å². The molecule has 1 saturated heterocycles. The second-order valence-electron chi connectivity index (χ2n) is 8.13. The van der Waals surface area contributed by atoms with E-state index in [1.54, 1.807) is 16.6 Å². The molecule has 1 aromatic carbocycles. The summed E-state index contributed by atoms with van der Waals surface area (Å²) in [6, 6.07) is 12.9. The number of halogens is 2. The quantitative estimate of drug-likeness (QED) is 0.365. The molecule has 176 valence electrons. The molecule has 1 aliphatic heterocycles. The fourth-order valence-corrected chi connectivity index (χ4v) is 4.46. The molecule has 3 aromatic heterocycles. The van der Waals surface area contributed by atoms with E-state index in [4.69, 9.17) is 0 Å². The number of aryl methyl sites for hydroxylation is 1. The molecule has 0 spiro atoms. The number of benzene rings is 1. The number of H-pyrrole nitrogens is 1. The fraction of sp³-hybridized carbons (Fsp3) is 0.273. The van der Waals surface area contributed by atoms with Crippen molar-refractivity contribution in [3.8, 4) is 0 Å². The maximum atomic E-state index is 13.3. The van der Waals surface area contributed by atoms with E-state index in [1.807, 2.05) is 43.5 Å². The molecule has 3 N–H and O–H groups in total. The van der Waals surface area contributed by atoms with Gasteiger partial charge < -0.3 is 10.6 Å². The van der Waals surface area contributed by atoms with E-state index >= 15 is 0 Å². The van der Waals surface area contributed by atoms with Crippen molar-refractivity contribution < 1.29 is 13.6 Å². The van der Waals surface area contributed by atoms with Crippen LogP contribution in [0.25, 0.3) is 5.52 Å². The Balaban J connectivity index is 1.25. The Morgan fingerprint density at radius 2 is 2.09 bits per heavy atom. The number of hydrogen-bond acceptors (Lipinski definition) is 7. The van der Waals surface area contributed by atoms with Crippen LogP contribution in [0.15, 0.2) is 58.7 Å². The van der Waals surface area contributed by atoms with Crippen LogP contribution in [0.1, 0.15) is 12.1 Å². The molecular formula is C22H22F2N8OS. The highest BCUT2D eigenvalue weighted by Crippen LogP contribution is 2.29. The molecule has 0 saturated carbocycles. The molecule has 0 radical (unpaired) electrons. The van der Waals surface area contributed by atoms with Gasteiger partial charge in [0.25, 0.3) is 5.92 Å². The zero-order valence-corrected chi connectivity index (χ0v) is 19.1. The van der Waals surface area contributed by atoms with Crippen LogP contribution in [0.2, 0.25) is 0 Å². The lowest BCUT2D eigenvalue weighted by atomic mass is 10.3. The number of carbonyl (C=O) groups excluding carboxylic acids is 1. The summed E-state index contributed by atoms with van der Waals surface area (Å²) in [4.78, 5) is 19.2. The highest BCUT2D eigenvalue weighted by atomic mass is 32.2. The molecule has 0 bridgehead atoms. The predicted octanol–water partition coefficient (Wildman–Crippen LogP) is 3.94. The third kappa shape index (κ3) is 5.18. The molecule has 1 amide bonds. The number of aromatic amines is 1. The maximum absolute atomic E-state index is 13.3. The lowest BCUT2D eigenvalue weighted by Gasteiger charge is -2.15. The van der Waals surface area contributed by atoms with Crippen LogP contribution >= 0.6 is 11.8 Å². The third-order valence-corrected chi connectivity index (χ3v) is 6.15. The number of hydrogen-bond donors (Lipinski definition) is 3. The first-order valence-electron chi connectivity index (χ1n) is 10.7. The Hall–Kier alpha value is -3.51. The van der Waals surface area contributed by atoms with Gasteiger partial charge in [0.05, 0.1) is 13.1 Å². The van der Waals surface area contributed by atoms with Gasteiger partial charge in [-0.2, -0.15) is 5.10 Å². The number of nitrogens with zero attached hydrogens (tertiary/aromatic N) is 5. The maximum Gasteiger partial charge on any atom is 0.261 e. The number of amides is 1. The van der Waals surface area contributed by atoms with E-state index in [0.29, 0.717) is 22.5 Å². The van der Waals surface area contributed by atoms with Crippen LogP contribution in [-0.2, 0) is 4.79 Å². The van der Waals surface area contributed by atoms with Gasteiger partial charge in [0.2, 0.25) is 11.1 Å². The third-order valence-electron chi connectivity index (χ3n) is 5.29. The largest absolute Gasteiger partial charge is 0.325 e. The standard InChI is InChI=1S/C22H22F2N8OS/c1-14-11-18(29-28-14)26-20-17-3-2-9-32(17)30-21(27-20)34-16-6-4-15(5-7-16)25-19(33)12-31-10-8-22(23,24)13-31/h2-7,9,11H,8,10,12-13H2,1H3,(H,25,33)(H2,26,27,28,29,30). The molecule has 5 rings (SSSR count). The zero-order chi connectivity index (χ0) is 23.7. The van der Waals surface area contributed by atoms with Crippen molar-refractivity contribution in [1.29, 1.82) is 0 Å². The average Bonchev–Trinajstić information content (AvgIpc) is 3.50. The smallest absolute Gasteiger partial charge is 0.261 e. The number of fused-ring (bicyclic) bond motifs is 1. The number of anilines is 3. The molecule has 4 heterocycles. The first-order chi connectivity index (χ1) is 16.3. The van der Waals surface area contributed by atoms with Crippen LogP contribution < -0.4 is 10.6 Å². The van der Waals surface area contributed by atoms with Crippen molar-refractivity contribution in [2.45, 2.75) is 29.3 Å². The molecule has 34 heavy (non-hydrogen) atoms. The highest BCUT2D eigenvalue weighted by molar-refractivity contribution is 7.99. The monoisotopic (exact) mass is 484 g/mol. The van der Waals surface area contributed by atoms with E-state index in [-0.39, 0.29) is 32.0 Å². The van der Waals surface area contributed by atoms with E-state index < -0.39 is 5.92 Å². The second kappa shape index (κ2) is 9.03. The summed E-state index contributed by atoms with van der Waals surface area (Å²) in [6.07, 6.45) is 1.64. The Bertz CT molecular complexity index is 1320. The average molecular weight is 485 g/mol. The topological polar surface area (TPSA) is 103 Å². The molecule has 0 atom stereocenters. The summed E-state index contributed by atoms with van der Waals surface area (Å²) in [5.74, 6) is -1.74. The van der Waals surface area contributed by atoms with Crippen molar-refractivity contribution in [3.05, 3.63) is 54.4 Å². The van der Waals surface area contributed by atoms with Gasteiger partial charge in [0.15, 0.2) is 11.6 Å². The fourth-order valence-electron chi connectivity index (χ4n) is 3.71. The van der Waals surface area contributed by atoms with Crippen LogP contribution in [-0.4, -0.2) is 61.2 Å². The molecular weight excluding hydrogens is 462 g/mol. The molecule has 1 aliphatic rings. The van der Waals surface area contributed by atoms with Crippen molar-refractivity contribution in [2.24, 2.45) is 0 Å². The second-order valence-corrected chi connectivity index (χ2v) is 9.17. The van der Waals surface area contributed by atoms with Gasteiger partial charge in [0, 0.05) is 41.5 Å². The van der Waals surface area contributed by atoms with Crippen molar-refractivity contribution in [1.82, 2.24) is 29.7 Å². The van der Waals surface area contributed by atoms with Gasteiger partial charge in [0.1, 0.15) is 5.52 Å². The van der Waals surface area contributed by atoms with E-state index in [2.05, 4.69) is 30.9 Å². The Morgan fingerprint density at radius 3 is 2.79 bits per heavy atom. The van der Waals surface area contributed by atoms with E-state index in [1.165, 1.54) is 16.7 Å². The number of aromatic nitrogens is 5. The van der Waals surface area contributed by atoms with E-state index in [9.17, 15) is 13.6 Å². The van der Waals surface area contributed by atoms with Crippen molar-refractivity contribution in [3.63, 3.8) is 0 Å². The lowest BCUT2D eigenvalue weighted by Crippen LogP contribution is -2.33. The Labute approximate surface area is 197 Å². The van der Waals surface area contributed by atoms with Crippen LogP contribution in [0.4, 0.5) is 26.1 Å². The van der Waals surface area contributed by atoms with Gasteiger partial charge in [-0.3, -0.25) is 14.8 Å². The number of alkyl halides is 2. The summed E-state index contributed by atoms with van der Waals surface area (Å²) in [6.45, 7) is 1.71. The first kappa shape index (κ1) is 22.3. The number of nitrogens with one attached hydrogen (secondary N) is 3. The molecule has 4 aromatic rings. The number of likely N-dealkylation sites (tertiary alicyclic amines) is 1. The highest BCUT2D eigenvalue weighted by Gasteiger charge is 2.38. The van der Waals surface area contributed by atoms with Crippen LogP contribution in [0, 0.1) is 6.92 Å². The van der Waals surface area contributed by atoms with Gasteiger partial charge in [-0.15, -0.1) is 5.10 Å². The number of carbonyl (C=O) groups is 1.